The highest BCUT2D eigenvalue weighted by Gasteiger charge is 2.22. The maximum absolute atomic E-state index is 12.5. The van der Waals surface area contributed by atoms with Gasteiger partial charge in [0.2, 0.25) is 0 Å². The molecule has 1 N–H and O–H groups in total. The van der Waals surface area contributed by atoms with Gasteiger partial charge in [0.25, 0.3) is 0 Å². The lowest BCUT2D eigenvalue weighted by atomic mass is 9.88. The van der Waals surface area contributed by atoms with Crippen LogP contribution in [0.1, 0.15) is 35.4 Å². The summed E-state index contributed by atoms with van der Waals surface area (Å²) < 4.78 is 11.2. The third-order valence-electron chi connectivity index (χ3n) is 5.56. The van der Waals surface area contributed by atoms with Crippen LogP contribution in [0.5, 0.6) is 5.75 Å². The molecule has 4 nitrogen and oxygen atoms in total. The normalized spacial score (nSPS) is 12.7. The van der Waals surface area contributed by atoms with Gasteiger partial charge in [-0.2, -0.15) is 0 Å². The fraction of sp³-hybridized carbons (Fsp3) is 0.296. The number of carbonyl (C=O) groups excluding carboxylic acids is 1. The van der Waals surface area contributed by atoms with E-state index in [4.69, 9.17) is 21.1 Å². The van der Waals surface area contributed by atoms with Gasteiger partial charge in [0.05, 0.1) is 12.1 Å². The van der Waals surface area contributed by atoms with E-state index < -0.39 is 6.23 Å². The largest absolute Gasteiger partial charge is 0.495 e. The summed E-state index contributed by atoms with van der Waals surface area (Å²) in [5.41, 5.74) is 3.30. The highest BCUT2D eigenvalue weighted by atomic mass is 35.5. The second-order valence-electron chi connectivity index (χ2n) is 7.73. The smallest absolute Gasteiger partial charge is 0.307 e. The van der Waals surface area contributed by atoms with E-state index in [1.807, 2.05) is 73.8 Å². The van der Waals surface area contributed by atoms with Crippen LogP contribution in [-0.2, 0) is 22.4 Å². The zero-order chi connectivity index (χ0) is 22.8. The van der Waals surface area contributed by atoms with Crippen molar-refractivity contribution in [3.05, 3.63) is 101 Å². The van der Waals surface area contributed by atoms with Crippen molar-refractivity contribution in [2.75, 3.05) is 14.2 Å². The molecule has 0 aliphatic heterocycles. The molecular weight excluding hydrogens is 422 g/mol. The van der Waals surface area contributed by atoms with E-state index in [0.29, 0.717) is 36.5 Å². The highest BCUT2D eigenvalue weighted by molar-refractivity contribution is 6.32. The number of ether oxygens (including phenoxy) is 2. The molecule has 0 aliphatic carbocycles. The van der Waals surface area contributed by atoms with Crippen molar-refractivity contribution in [2.45, 2.75) is 37.8 Å². The Bertz CT molecular complexity index is 979. The van der Waals surface area contributed by atoms with E-state index in [1.54, 1.807) is 7.11 Å². The van der Waals surface area contributed by atoms with Crippen LogP contribution < -0.4 is 10.1 Å². The molecule has 0 aliphatic rings. The molecule has 0 fully saturated rings. The predicted molar refractivity (Wildman–Crippen MR) is 129 cm³/mol. The first-order chi connectivity index (χ1) is 15.6. The number of benzene rings is 3. The molecule has 32 heavy (non-hydrogen) atoms. The summed E-state index contributed by atoms with van der Waals surface area (Å²) in [6.45, 7) is 0. The minimum atomic E-state index is -0.395. The SMILES string of the molecule is CNC(CC(Cc1cccc(OC)c1Cl)c1ccccc1)OC(=O)CCc1ccccc1. The fourth-order valence-corrected chi connectivity index (χ4v) is 4.07. The number of methoxy groups -OCH3 is 1. The van der Waals surface area contributed by atoms with Crippen molar-refractivity contribution in [1.82, 2.24) is 5.32 Å². The zero-order valence-corrected chi connectivity index (χ0v) is 19.3. The molecule has 0 bridgehead atoms. The first-order valence-corrected chi connectivity index (χ1v) is 11.3. The van der Waals surface area contributed by atoms with E-state index in [0.717, 1.165) is 11.1 Å². The topological polar surface area (TPSA) is 47.6 Å². The minimum Gasteiger partial charge on any atom is -0.495 e. The summed E-state index contributed by atoms with van der Waals surface area (Å²) in [5.74, 6) is 0.563. The van der Waals surface area contributed by atoms with Gasteiger partial charge in [-0.1, -0.05) is 84.4 Å². The highest BCUT2D eigenvalue weighted by Crippen LogP contribution is 2.33. The Kier molecular flexibility index (Phi) is 9.14. The van der Waals surface area contributed by atoms with Crippen molar-refractivity contribution < 1.29 is 14.3 Å². The lowest BCUT2D eigenvalue weighted by Crippen LogP contribution is -2.33. The summed E-state index contributed by atoms with van der Waals surface area (Å²) in [4.78, 5) is 12.5. The van der Waals surface area contributed by atoms with Crippen LogP contribution in [0.25, 0.3) is 0 Å². The van der Waals surface area contributed by atoms with Crippen LogP contribution in [0, 0.1) is 0 Å². The standard InChI is InChI=1S/C27H30ClNO3/c1-29-25(32-26(30)17-16-20-10-5-3-6-11-20)19-23(21-12-7-4-8-13-21)18-22-14-9-15-24(31-2)27(22)28/h3-15,23,25,29H,16-19H2,1-2H3. The van der Waals surface area contributed by atoms with Gasteiger partial charge >= 0.3 is 5.97 Å². The van der Waals surface area contributed by atoms with Crippen molar-refractivity contribution in [3.8, 4) is 5.75 Å². The van der Waals surface area contributed by atoms with Gasteiger partial charge in [-0.3, -0.25) is 10.1 Å². The third-order valence-corrected chi connectivity index (χ3v) is 5.98. The number of nitrogens with one attached hydrogen (secondary N) is 1. The van der Waals surface area contributed by atoms with Gasteiger partial charge in [0.1, 0.15) is 5.75 Å². The molecule has 3 aromatic rings. The Hall–Kier alpha value is -2.82. The van der Waals surface area contributed by atoms with E-state index in [-0.39, 0.29) is 11.9 Å². The van der Waals surface area contributed by atoms with Crippen molar-refractivity contribution in [1.29, 1.82) is 0 Å². The third kappa shape index (κ3) is 6.84. The first kappa shape index (κ1) is 23.8. The molecule has 0 aromatic heterocycles. The molecule has 2 atom stereocenters. The van der Waals surface area contributed by atoms with E-state index in [2.05, 4.69) is 17.4 Å². The number of hydrogen-bond donors (Lipinski definition) is 1. The maximum atomic E-state index is 12.5. The molecular formula is C27H30ClNO3. The van der Waals surface area contributed by atoms with Gasteiger partial charge in [-0.25, -0.2) is 0 Å². The number of halogens is 1. The Morgan fingerprint density at radius 3 is 2.31 bits per heavy atom. The summed E-state index contributed by atoms with van der Waals surface area (Å²) >= 11 is 6.57. The maximum Gasteiger partial charge on any atom is 0.307 e. The monoisotopic (exact) mass is 451 g/mol. The molecule has 0 heterocycles. The van der Waals surface area contributed by atoms with Gasteiger partial charge < -0.3 is 9.47 Å². The van der Waals surface area contributed by atoms with Crippen molar-refractivity contribution >= 4 is 17.6 Å². The van der Waals surface area contributed by atoms with Crippen LogP contribution in [0.4, 0.5) is 0 Å². The Morgan fingerprint density at radius 2 is 1.66 bits per heavy atom. The average Bonchev–Trinajstić information content (AvgIpc) is 2.84. The average molecular weight is 452 g/mol. The molecule has 0 saturated carbocycles. The van der Waals surface area contributed by atoms with Gasteiger partial charge in [0.15, 0.2) is 6.23 Å². The number of esters is 1. The van der Waals surface area contributed by atoms with Gasteiger partial charge in [-0.05, 0) is 48.6 Å². The van der Waals surface area contributed by atoms with E-state index >= 15 is 0 Å². The minimum absolute atomic E-state index is 0.111. The quantitative estimate of drug-likeness (QED) is 0.296. The molecule has 0 spiro atoms. The lowest BCUT2D eigenvalue weighted by Gasteiger charge is -2.24. The molecule has 0 saturated heterocycles. The summed E-state index contributed by atoms with van der Waals surface area (Å²) in [5, 5.41) is 3.78. The van der Waals surface area contributed by atoms with Crippen LogP contribution >= 0.6 is 11.6 Å². The van der Waals surface area contributed by atoms with Crippen molar-refractivity contribution in [3.63, 3.8) is 0 Å². The molecule has 5 heteroatoms. The lowest BCUT2D eigenvalue weighted by molar-refractivity contribution is -0.151. The van der Waals surface area contributed by atoms with Gasteiger partial charge in [-0.15, -0.1) is 0 Å². The molecule has 0 amide bonds. The van der Waals surface area contributed by atoms with Crippen LogP contribution in [-0.4, -0.2) is 26.4 Å². The first-order valence-electron chi connectivity index (χ1n) is 10.9. The van der Waals surface area contributed by atoms with Crippen LogP contribution in [0.3, 0.4) is 0 Å². The number of aryl methyl sites for hydroxylation is 1. The molecule has 168 valence electrons. The summed E-state index contributed by atoms with van der Waals surface area (Å²) in [7, 11) is 3.43. The van der Waals surface area contributed by atoms with Crippen molar-refractivity contribution in [2.24, 2.45) is 0 Å². The molecule has 3 aromatic carbocycles. The van der Waals surface area contributed by atoms with Crippen LogP contribution in [0.15, 0.2) is 78.9 Å². The van der Waals surface area contributed by atoms with E-state index in [9.17, 15) is 4.79 Å². The molecule has 2 unspecified atom stereocenters. The number of hydrogen-bond acceptors (Lipinski definition) is 4. The summed E-state index contributed by atoms with van der Waals surface area (Å²) in [6, 6.07) is 26.0. The molecule has 3 rings (SSSR count). The number of carbonyl (C=O) groups is 1. The fourth-order valence-electron chi connectivity index (χ4n) is 3.79. The van der Waals surface area contributed by atoms with Gasteiger partial charge in [0, 0.05) is 12.8 Å². The second-order valence-corrected chi connectivity index (χ2v) is 8.11. The second kappa shape index (κ2) is 12.3. The van der Waals surface area contributed by atoms with E-state index in [1.165, 1.54) is 5.56 Å². The number of rotatable bonds is 11. The van der Waals surface area contributed by atoms with Crippen LogP contribution in [0.2, 0.25) is 5.02 Å². The Labute approximate surface area is 195 Å². The zero-order valence-electron chi connectivity index (χ0n) is 18.6. The predicted octanol–water partition coefficient (Wildman–Crippen LogP) is 5.79. The molecule has 0 radical (unpaired) electrons. The Balaban J connectivity index is 1.69. The Morgan fingerprint density at radius 1 is 0.969 bits per heavy atom. The summed E-state index contributed by atoms with van der Waals surface area (Å²) in [6.07, 6.45) is 1.95.